The highest BCUT2D eigenvalue weighted by molar-refractivity contribution is 9.10. The standard InChI is InChI=1S/C11H12BrNO3S/c12-9-3-1-8(2-4-9)5-13-10-6-17(15,16)7-11(10)14/h1-5,10-11,14H,6-7H2/t10-,11-/m0/s1. The van der Waals surface area contributed by atoms with E-state index in [9.17, 15) is 13.5 Å². The highest BCUT2D eigenvalue weighted by Gasteiger charge is 2.35. The van der Waals surface area contributed by atoms with Crippen molar-refractivity contribution in [3.05, 3.63) is 34.3 Å². The number of nitrogens with zero attached hydrogens (tertiary/aromatic N) is 1. The van der Waals surface area contributed by atoms with E-state index < -0.39 is 22.0 Å². The van der Waals surface area contributed by atoms with Gasteiger partial charge >= 0.3 is 0 Å². The van der Waals surface area contributed by atoms with Crippen LogP contribution in [0.2, 0.25) is 0 Å². The third-order valence-electron chi connectivity index (χ3n) is 2.58. The molecule has 0 aliphatic carbocycles. The van der Waals surface area contributed by atoms with Gasteiger partial charge in [0.25, 0.3) is 0 Å². The summed E-state index contributed by atoms with van der Waals surface area (Å²) >= 11 is 3.32. The van der Waals surface area contributed by atoms with Crippen LogP contribution >= 0.6 is 15.9 Å². The van der Waals surface area contributed by atoms with Crippen molar-refractivity contribution in [1.82, 2.24) is 0 Å². The largest absolute Gasteiger partial charge is 0.390 e. The van der Waals surface area contributed by atoms with Gasteiger partial charge in [0.15, 0.2) is 9.84 Å². The molecule has 0 spiro atoms. The summed E-state index contributed by atoms with van der Waals surface area (Å²) in [5.74, 6) is -0.253. The van der Waals surface area contributed by atoms with Crippen molar-refractivity contribution in [3.63, 3.8) is 0 Å². The van der Waals surface area contributed by atoms with Gasteiger partial charge in [-0.15, -0.1) is 0 Å². The van der Waals surface area contributed by atoms with Crippen molar-refractivity contribution in [2.75, 3.05) is 11.5 Å². The first-order chi connectivity index (χ1) is 7.96. The molecule has 0 bridgehead atoms. The number of hydrogen-bond acceptors (Lipinski definition) is 4. The van der Waals surface area contributed by atoms with Crippen molar-refractivity contribution in [3.8, 4) is 0 Å². The molecule has 2 rings (SSSR count). The Morgan fingerprint density at radius 3 is 2.47 bits per heavy atom. The number of sulfone groups is 1. The minimum Gasteiger partial charge on any atom is -0.390 e. The van der Waals surface area contributed by atoms with Crippen LogP contribution in [0, 0.1) is 0 Å². The maximum absolute atomic E-state index is 11.3. The minimum atomic E-state index is -3.13. The molecular formula is C11H12BrNO3S. The van der Waals surface area contributed by atoms with Gasteiger partial charge in [-0.05, 0) is 17.7 Å². The van der Waals surface area contributed by atoms with Gasteiger partial charge in [-0.25, -0.2) is 8.42 Å². The molecule has 92 valence electrons. The first-order valence-corrected chi connectivity index (χ1v) is 7.75. The lowest BCUT2D eigenvalue weighted by atomic mass is 10.2. The zero-order valence-electron chi connectivity index (χ0n) is 8.95. The predicted molar refractivity (Wildman–Crippen MR) is 70.2 cm³/mol. The van der Waals surface area contributed by atoms with E-state index in [0.717, 1.165) is 10.0 Å². The molecule has 1 N–H and O–H groups in total. The van der Waals surface area contributed by atoms with Gasteiger partial charge in [-0.2, -0.15) is 0 Å². The van der Waals surface area contributed by atoms with Gasteiger partial charge in [0.1, 0.15) is 0 Å². The van der Waals surface area contributed by atoms with E-state index in [2.05, 4.69) is 20.9 Å². The summed E-state index contributed by atoms with van der Waals surface area (Å²) in [5, 5.41) is 9.55. The van der Waals surface area contributed by atoms with Crippen LogP contribution in [-0.4, -0.2) is 43.4 Å². The van der Waals surface area contributed by atoms with Crippen molar-refractivity contribution in [1.29, 1.82) is 0 Å². The molecule has 0 saturated carbocycles. The van der Waals surface area contributed by atoms with Gasteiger partial charge in [0, 0.05) is 10.7 Å². The second kappa shape index (κ2) is 4.88. The Balaban J connectivity index is 2.09. The molecule has 1 aliphatic heterocycles. The Hall–Kier alpha value is -0.720. The monoisotopic (exact) mass is 317 g/mol. The fourth-order valence-corrected chi connectivity index (χ4v) is 3.66. The van der Waals surface area contributed by atoms with Crippen LogP contribution in [0.15, 0.2) is 33.7 Å². The molecule has 0 unspecified atom stereocenters. The minimum absolute atomic E-state index is 0.0683. The van der Waals surface area contributed by atoms with E-state index in [4.69, 9.17) is 0 Å². The fourth-order valence-electron chi connectivity index (χ4n) is 1.68. The van der Waals surface area contributed by atoms with Crippen LogP contribution in [0.5, 0.6) is 0 Å². The maximum atomic E-state index is 11.3. The molecule has 2 atom stereocenters. The van der Waals surface area contributed by atoms with Crippen LogP contribution < -0.4 is 0 Å². The van der Waals surface area contributed by atoms with Gasteiger partial charge < -0.3 is 5.11 Å². The Labute approximate surface area is 108 Å². The Bertz CT molecular complexity index is 524. The quantitative estimate of drug-likeness (QED) is 0.828. The Morgan fingerprint density at radius 2 is 1.94 bits per heavy atom. The second-order valence-corrected chi connectivity index (χ2v) is 7.11. The van der Waals surface area contributed by atoms with Crippen LogP contribution in [0.1, 0.15) is 5.56 Å². The molecule has 17 heavy (non-hydrogen) atoms. The molecule has 1 aromatic carbocycles. The summed E-state index contributed by atoms with van der Waals surface area (Å²) in [7, 11) is -3.13. The van der Waals surface area contributed by atoms with Crippen molar-refractivity contribution in [2.24, 2.45) is 4.99 Å². The Kier molecular flexibility index (Phi) is 3.65. The predicted octanol–water partition coefficient (Wildman–Crippen LogP) is 1.03. The summed E-state index contributed by atoms with van der Waals surface area (Å²) in [5.41, 5.74) is 0.879. The van der Waals surface area contributed by atoms with E-state index in [0.29, 0.717) is 0 Å². The maximum Gasteiger partial charge on any atom is 0.155 e. The highest BCUT2D eigenvalue weighted by Crippen LogP contribution is 2.16. The molecule has 1 saturated heterocycles. The summed E-state index contributed by atoms with van der Waals surface area (Å²) in [6.45, 7) is 0. The van der Waals surface area contributed by atoms with Crippen LogP contribution in [0.4, 0.5) is 0 Å². The van der Waals surface area contributed by atoms with E-state index in [-0.39, 0.29) is 11.5 Å². The van der Waals surface area contributed by atoms with Crippen LogP contribution in [-0.2, 0) is 9.84 Å². The zero-order valence-corrected chi connectivity index (χ0v) is 11.4. The molecule has 6 heteroatoms. The molecule has 1 aliphatic rings. The van der Waals surface area contributed by atoms with Gasteiger partial charge in [0.2, 0.25) is 0 Å². The molecular weight excluding hydrogens is 306 g/mol. The lowest BCUT2D eigenvalue weighted by Crippen LogP contribution is -2.21. The van der Waals surface area contributed by atoms with Crippen LogP contribution in [0.3, 0.4) is 0 Å². The van der Waals surface area contributed by atoms with Gasteiger partial charge in [0.05, 0.1) is 23.7 Å². The van der Waals surface area contributed by atoms with E-state index in [1.165, 1.54) is 0 Å². The number of halogens is 1. The molecule has 4 nitrogen and oxygen atoms in total. The summed E-state index contributed by atoms with van der Waals surface area (Å²) in [6.07, 6.45) is 0.716. The van der Waals surface area contributed by atoms with Gasteiger partial charge in [-0.1, -0.05) is 28.1 Å². The third-order valence-corrected chi connectivity index (χ3v) is 4.81. The fraction of sp³-hybridized carbons (Fsp3) is 0.364. The topological polar surface area (TPSA) is 66.7 Å². The van der Waals surface area contributed by atoms with Crippen molar-refractivity contribution < 1.29 is 13.5 Å². The third kappa shape index (κ3) is 3.37. The molecule has 1 heterocycles. The zero-order chi connectivity index (χ0) is 12.5. The number of benzene rings is 1. The molecule has 1 aromatic rings. The van der Waals surface area contributed by atoms with E-state index >= 15 is 0 Å². The SMILES string of the molecule is O=S1(=O)C[C@H](N=Cc2ccc(Br)cc2)[C@@H](O)C1. The Morgan fingerprint density at radius 1 is 1.29 bits per heavy atom. The molecule has 0 radical (unpaired) electrons. The number of aliphatic hydroxyl groups is 1. The number of aliphatic hydroxyl groups excluding tert-OH is 1. The number of aliphatic imine (C=N–C) groups is 1. The molecule has 0 amide bonds. The lowest BCUT2D eigenvalue weighted by Gasteiger charge is -2.05. The van der Waals surface area contributed by atoms with Crippen LogP contribution in [0.25, 0.3) is 0 Å². The molecule has 0 aromatic heterocycles. The number of rotatable bonds is 2. The normalized spacial score (nSPS) is 27.6. The van der Waals surface area contributed by atoms with E-state index in [1.807, 2.05) is 24.3 Å². The first kappa shape index (κ1) is 12.7. The smallest absolute Gasteiger partial charge is 0.155 e. The highest BCUT2D eigenvalue weighted by atomic mass is 79.9. The van der Waals surface area contributed by atoms with Crippen molar-refractivity contribution >= 4 is 32.0 Å². The molecule has 1 fully saturated rings. The van der Waals surface area contributed by atoms with E-state index in [1.54, 1.807) is 6.21 Å². The summed E-state index contributed by atoms with van der Waals surface area (Å²) < 4.78 is 23.5. The first-order valence-electron chi connectivity index (χ1n) is 5.13. The number of hydrogen-bond donors (Lipinski definition) is 1. The van der Waals surface area contributed by atoms with Crippen molar-refractivity contribution in [2.45, 2.75) is 12.1 Å². The summed E-state index contributed by atoms with van der Waals surface area (Å²) in [6, 6.07) is 6.95. The average molecular weight is 318 g/mol. The lowest BCUT2D eigenvalue weighted by molar-refractivity contribution is 0.184. The van der Waals surface area contributed by atoms with Gasteiger partial charge in [-0.3, -0.25) is 4.99 Å². The average Bonchev–Trinajstić information content (AvgIpc) is 2.51. The summed E-state index contributed by atoms with van der Waals surface area (Å²) in [4.78, 5) is 4.13. The second-order valence-electron chi connectivity index (χ2n) is 4.04.